The first-order valence-corrected chi connectivity index (χ1v) is 25.8. The molecule has 12 aromatic carbocycles. The van der Waals surface area contributed by atoms with Gasteiger partial charge in [0.2, 0.25) is 0 Å². The van der Waals surface area contributed by atoms with E-state index in [0.29, 0.717) is 0 Å². The van der Waals surface area contributed by atoms with Crippen LogP contribution in [0, 0.1) is 0 Å². The number of aromatic nitrogens is 2. The Morgan fingerprint density at radius 1 is 0.227 bits per heavy atom. The van der Waals surface area contributed by atoms with E-state index in [-0.39, 0.29) is 0 Å². The Morgan fingerprint density at radius 2 is 0.693 bits per heavy atom. The normalized spacial score (nSPS) is 11.5. The van der Waals surface area contributed by atoms with Crippen LogP contribution in [0.15, 0.2) is 297 Å². The van der Waals surface area contributed by atoms with Crippen LogP contribution in [0.25, 0.3) is 111 Å². The lowest BCUT2D eigenvalue weighted by Gasteiger charge is -2.29. The fourth-order valence-electron chi connectivity index (χ4n) is 11.6. The molecular weight excluding hydrogens is 907 g/mol. The van der Waals surface area contributed by atoms with Gasteiger partial charge in [-0.1, -0.05) is 212 Å². The molecule has 3 nitrogen and oxygen atoms in total. The summed E-state index contributed by atoms with van der Waals surface area (Å²) >= 11 is 0. The maximum absolute atomic E-state index is 2.45. The number of rotatable bonds is 10. The van der Waals surface area contributed by atoms with Gasteiger partial charge >= 0.3 is 0 Å². The van der Waals surface area contributed by atoms with Crippen LogP contribution in [0.1, 0.15) is 0 Å². The SMILES string of the molecule is c1ccc(-c2ccccc2-c2ccccc2-c2ccccc2N(c2ccc(-c3ccc4c(c3)c3ccccc3n4-c3ccccc3)cc2)c2cccc(-c3cccc4c3c3ccccc3n4-c3ccccc3)c2)cc1. The van der Waals surface area contributed by atoms with Gasteiger partial charge in [-0.05, 0) is 135 Å². The third-order valence-electron chi connectivity index (χ3n) is 14.9. The van der Waals surface area contributed by atoms with Crippen molar-refractivity contribution in [2.45, 2.75) is 0 Å². The predicted octanol–water partition coefficient (Wildman–Crippen LogP) is 19.7. The zero-order valence-corrected chi connectivity index (χ0v) is 41.1. The molecule has 2 aromatic heterocycles. The maximum atomic E-state index is 2.45. The van der Waals surface area contributed by atoms with Crippen LogP contribution < -0.4 is 4.90 Å². The number of benzene rings is 12. The second-order valence-electron chi connectivity index (χ2n) is 19.2. The largest absolute Gasteiger partial charge is 0.310 e. The molecule has 14 aromatic rings. The van der Waals surface area contributed by atoms with E-state index in [1.165, 1.54) is 77.0 Å². The van der Waals surface area contributed by atoms with Gasteiger partial charge in [0.25, 0.3) is 0 Å². The summed E-state index contributed by atoms with van der Waals surface area (Å²) in [6, 6.07) is 108. The van der Waals surface area contributed by atoms with E-state index in [0.717, 1.165) is 50.7 Å². The monoisotopic (exact) mass is 955 g/mol. The van der Waals surface area contributed by atoms with Crippen molar-refractivity contribution in [3.05, 3.63) is 297 Å². The van der Waals surface area contributed by atoms with E-state index < -0.39 is 0 Å². The molecule has 2 heterocycles. The van der Waals surface area contributed by atoms with Gasteiger partial charge in [-0.2, -0.15) is 0 Å². The Kier molecular flexibility index (Phi) is 10.8. The summed E-state index contributed by atoms with van der Waals surface area (Å²) in [4.78, 5) is 2.45. The molecule has 0 atom stereocenters. The van der Waals surface area contributed by atoms with Crippen LogP contribution in [0.3, 0.4) is 0 Å². The lowest BCUT2D eigenvalue weighted by Crippen LogP contribution is -2.11. The topological polar surface area (TPSA) is 13.1 Å². The maximum Gasteiger partial charge on any atom is 0.0547 e. The summed E-state index contributed by atoms with van der Waals surface area (Å²) < 4.78 is 4.77. The van der Waals surface area contributed by atoms with E-state index in [9.17, 15) is 0 Å². The smallest absolute Gasteiger partial charge is 0.0547 e. The van der Waals surface area contributed by atoms with Crippen molar-refractivity contribution in [2.75, 3.05) is 4.90 Å². The summed E-state index contributed by atoms with van der Waals surface area (Å²) in [6.45, 7) is 0. The van der Waals surface area contributed by atoms with Crippen molar-refractivity contribution >= 4 is 60.7 Å². The quantitative estimate of drug-likeness (QED) is 0.133. The van der Waals surface area contributed by atoms with Crippen LogP contribution in [-0.2, 0) is 0 Å². The highest BCUT2D eigenvalue weighted by Crippen LogP contribution is 2.47. The Balaban J connectivity index is 0.943. The van der Waals surface area contributed by atoms with Gasteiger partial charge in [0.15, 0.2) is 0 Å². The lowest BCUT2D eigenvalue weighted by molar-refractivity contribution is 1.18. The number of anilines is 3. The van der Waals surface area contributed by atoms with Gasteiger partial charge in [-0.25, -0.2) is 0 Å². The molecule has 0 bridgehead atoms. The highest BCUT2D eigenvalue weighted by atomic mass is 15.1. The number of hydrogen-bond donors (Lipinski definition) is 0. The molecule has 0 saturated heterocycles. The van der Waals surface area contributed by atoms with Crippen molar-refractivity contribution in [1.29, 1.82) is 0 Å². The fraction of sp³-hybridized carbons (Fsp3) is 0. The highest BCUT2D eigenvalue weighted by molar-refractivity contribution is 6.16. The highest BCUT2D eigenvalue weighted by Gasteiger charge is 2.23. The van der Waals surface area contributed by atoms with Crippen LogP contribution in [0.2, 0.25) is 0 Å². The van der Waals surface area contributed by atoms with Crippen molar-refractivity contribution < 1.29 is 0 Å². The molecule has 0 unspecified atom stereocenters. The van der Waals surface area contributed by atoms with Crippen LogP contribution >= 0.6 is 0 Å². The number of nitrogens with zero attached hydrogens (tertiary/aromatic N) is 3. The minimum atomic E-state index is 1.06. The Labute approximate surface area is 436 Å². The molecule has 0 aliphatic carbocycles. The molecule has 352 valence electrons. The summed E-state index contributed by atoms with van der Waals surface area (Å²) in [5.41, 5.74) is 22.0. The third-order valence-corrected chi connectivity index (χ3v) is 14.9. The van der Waals surface area contributed by atoms with Gasteiger partial charge < -0.3 is 14.0 Å². The zero-order chi connectivity index (χ0) is 49.7. The van der Waals surface area contributed by atoms with Gasteiger partial charge in [0.05, 0.1) is 27.8 Å². The van der Waals surface area contributed by atoms with Crippen molar-refractivity contribution in [2.24, 2.45) is 0 Å². The molecule has 0 N–H and O–H groups in total. The molecule has 0 aliphatic heterocycles. The molecule has 0 aliphatic rings. The predicted molar refractivity (Wildman–Crippen MR) is 317 cm³/mol. The minimum Gasteiger partial charge on any atom is -0.310 e. The Morgan fingerprint density at radius 3 is 1.40 bits per heavy atom. The van der Waals surface area contributed by atoms with Gasteiger partial charge in [0.1, 0.15) is 0 Å². The average molecular weight is 956 g/mol. The van der Waals surface area contributed by atoms with E-state index in [4.69, 9.17) is 0 Å². The van der Waals surface area contributed by atoms with Crippen molar-refractivity contribution in [1.82, 2.24) is 9.13 Å². The molecule has 75 heavy (non-hydrogen) atoms. The van der Waals surface area contributed by atoms with Gasteiger partial charge in [-0.3, -0.25) is 0 Å². The van der Waals surface area contributed by atoms with Crippen molar-refractivity contribution in [3.8, 4) is 67.0 Å². The number of hydrogen-bond acceptors (Lipinski definition) is 1. The molecule has 0 radical (unpaired) electrons. The summed E-state index contributed by atoms with van der Waals surface area (Å²) in [5, 5.41) is 4.94. The third kappa shape index (κ3) is 7.60. The number of para-hydroxylation sites is 5. The molecule has 14 rings (SSSR count). The van der Waals surface area contributed by atoms with Gasteiger partial charge in [0, 0.05) is 49.9 Å². The second kappa shape index (κ2) is 18.6. The molecule has 0 saturated carbocycles. The van der Waals surface area contributed by atoms with E-state index >= 15 is 0 Å². The number of fused-ring (bicyclic) bond motifs is 6. The summed E-state index contributed by atoms with van der Waals surface area (Å²) in [7, 11) is 0. The zero-order valence-electron chi connectivity index (χ0n) is 41.1. The first-order chi connectivity index (χ1) is 37.2. The van der Waals surface area contributed by atoms with Crippen LogP contribution in [0.5, 0.6) is 0 Å². The average Bonchev–Trinajstić information content (AvgIpc) is 4.01. The Hall–Kier alpha value is -9.96. The Bertz CT molecular complexity index is 4400. The fourth-order valence-corrected chi connectivity index (χ4v) is 11.6. The lowest BCUT2D eigenvalue weighted by atomic mass is 9.88. The summed E-state index contributed by atoms with van der Waals surface area (Å²) in [5.74, 6) is 0. The first kappa shape index (κ1) is 43.8. The standard InChI is InChI=1S/C72H49N3/c1-4-22-51(23-5-1)58-30-10-11-31-60(58)61-32-12-13-33-62(61)63-34-14-17-38-67(63)73(56-45-42-50(43-46-56)52-44-47-70-66(49-52)64-35-15-18-39-68(64)74(70)54-25-6-2-7-26-54)57-29-20-24-53(48-57)59-37-21-41-71-72(59)65-36-16-19-40-69(65)75(71)55-27-8-3-9-28-55/h1-49H. The van der Waals surface area contributed by atoms with Crippen LogP contribution in [0.4, 0.5) is 17.1 Å². The molecule has 0 fully saturated rings. The summed E-state index contributed by atoms with van der Waals surface area (Å²) in [6.07, 6.45) is 0. The second-order valence-corrected chi connectivity index (χ2v) is 19.2. The first-order valence-electron chi connectivity index (χ1n) is 25.8. The molecule has 3 heteroatoms. The molecule has 0 amide bonds. The van der Waals surface area contributed by atoms with E-state index in [1.807, 2.05) is 0 Å². The van der Waals surface area contributed by atoms with Crippen LogP contribution in [-0.4, -0.2) is 9.13 Å². The minimum absolute atomic E-state index is 1.06. The van der Waals surface area contributed by atoms with Crippen molar-refractivity contribution in [3.63, 3.8) is 0 Å². The molecule has 0 spiro atoms. The van der Waals surface area contributed by atoms with E-state index in [1.54, 1.807) is 0 Å². The molecular formula is C72H49N3. The van der Waals surface area contributed by atoms with E-state index in [2.05, 4.69) is 311 Å². The van der Waals surface area contributed by atoms with Gasteiger partial charge in [-0.15, -0.1) is 0 Å².